The van der Waals surface area contributed by atoms with Crippen LogP contribution in [-0.4, -0.2) is 7.85 Å². The van der Waals surface area contributed by atoms with Crippen LogP contribution in [0.25, 0.3) is 0 Å². The second-order valence-electron chi connectivity index (χ2n) is 6.07. The molecule has 2 unspecified atom stereocenters. The van der Waals surface area contributed by atoms with E-state index in [1.54, 1.807) is 0 Å². The van der Waals surface area contributed by atoms with Crippen LogP contribution in [0.15, 0.2) is 0 Å². The maximum absolute atomic E-state index is 2.45. The Bertz CT molecular complexity index is 128. The van der Waals surface area contributed by atoms with Crippen LogP contribution < -0.4 is 0 Å². The van der Waals surface area contributed by atoms with Gasteiger partial charge in [0.25, 0.3) is 0 Å². The maximum Gasteiger partial charge on any atom is 0.105 e. The lowest BCUT2D eigenvalue weighted by atomic mass is 9.73. The Hall–Kier alpha value is 0.0649. The van der Waals surface area contributed by atoms with Gasteiger partial charge in [-0.15, -0.1) is 0 Å². The molecule has 0 aliphatic carbocycles. The van der Waals surface area contributed by atoms with E-state index in [1.165, 1.54) is 51.4 Å². The second kappa shape index (κ2) is 10.2. The van der Waals surface area contributed by atoms with Gasteiger partial charge < -0.3 is 0 Å². The normalized spacial score (nSPS) is 17.0. The van der Waals surface area contributed by atoms with Crippen molar-refractivity contribution in [2.45, 2.75) is 84.9 Å². The molecule has 0 bridgehead atoms. The summed E-state index contributed by atoms with van der Waals surface area (Å²) in [5.74, 6) is 2.81. The summed E-state index contributed by atoms with van der Waals surface area (Å²) in [4.78, 5) is 0. The Morgan fingerprint density at radius 2 is 1.19 bits per heavy atom. The van der Waals surface area contributed by atoms with Crippen LogP contribution in [-0.2, 0) is 0 Å². The van der Waals surface area contributed by atoms with Crippen LogP contribution in [0.1, 0.15) is 79.1 Å². The average molecular weight is 224 g/mol. The number of hydrogen-bond donors (Lipinski definition) is 0. The summed E-state index contributed by atoms with van der Waals surface area (Å²) in [6.45, 7) is 9.46. The molecule has 0 heterocycles. The molecular formula is C15H33B. The highest BCUT2D eigenvalue weighted by Gasteiger charge is 2.12. The van der Waals surface area contributed by atoms with Gasteiger partial charge in [0, 0.05) is 0 Å². The molecule has 0 aromatic rings. The highest BCUT2D eigenvalue weighted by atomic mass is 14.1. The quantitative estimate of drug-likeness (QED) is 0.466. The van der Waals surface area contributed by atoms with E-state index in [4.69, 9.17) is 0 Å². The van der Waals surface area contributed by atoms with Crippen LogP contribution >= 0.6 is 0 Å². The van der Waals surface area contributed by atoms with Crippen molar-refractivity contribution in [1.82, 2.24) is 0 Å². The van der Waals surface area contributed by atoms with Crippen LogP contribution in [0, 0.1) is 11.8 Å². The van der Waals surface area contributed by atoms with Crippen molar-refractivity contribution in [1.29, 1.82) is 0 Å². The monoisotopic (exact) mass is 224 g/mol. The van der Waals surface area contributed by atoms with Gasteiger partial charge in [-0.2, -0.15) is 0 Å². The summed E-state index contributed by atoms with van der Waals surface area (Å²) >= 11 is 0. The molecule has 2 atom stereocenters. The predicted octanol–water partition coefficient (Wildman–Crippen LogP) is 4.84. The lowest BCUT2D eigenvalue weighted by Crippen LogP contribution is -2.06. The second-order valence-corrected chi connectivity index (χ2v) is 6.07. The molecule has 0 radical (unpaired) electrons. The van der Waals surface area contributed by atoms with E-state index in [0.29, 0.717) is 0 Å². The van der Waals surface area contributed by atoms with E-state index in [9.17, 15) is 0 Å². The topological polar surface area (TPSA) is 0 Å². The zero-order valence-corrected chi connectivity index (χ0v) is 12.4. The van der Waals surface area contributed by atoms with Crippen LogP contribution in [0.2, 0.25) is 5.82 Å². The largest absolute Gasteiger partial charge is 0.105 e. The Balaban J connectivity index is 3.58. The average Bonchev–Trinajstić information content (AvgIpc) is 2.23. The van der Waals surface area contributed by atoms with E-state index in [1.807, 2.05) is 0 Å². The molecule has 0 saturated heterocycles. The first-order chi connectivity index (χ1) is 7.60. The van der Waals surface area contributed by atoms with Gasteiger partial charge in [0.2, 0.25) is 0 Å². The molecular weight excluding hydrogens is 191 g/mol. The van der Waals surface area contributed by atoms with Crippen LogP contribution in [0.4, 0.5) is 0 Å². The number of hydrogen-bond acceptors (Lipinski definition) is 0. The molecule has 0 nitrogen and oxygen atoms in total. The standard InChI is InChI=1S/C15H33B/c1-5-7-9-13(3)11-15(16)12-14(4)10-8-6-2/h13-15H,5-12,16H2,1-4H3. The molecule has 0 N–H and O–H groups in total. The van der Waals surface area contributed by atoms with Gasteiger partial charge in [0.05, 0.1) is 0 Å². The van der Waals surface area contributed by atoms with Gasteiger partial charge in [-0.05, 0) is 11.8 Å². The highest BCUT2D eigenvalue weighted by molar-refractivity contribution is 6.11. The van der Waals surface area contributed by atoms with Gasteiger partial charge in [0.1, 0.15) is 7.85 Å². The smallest absolute Gasteiger partial charge is 0.0692 e. The van der Waals surface area contributed by atoms with E-state index in [0.717, 1.165) is 17.7 Å². The lowest BCUT2D eigenvalue weighted by molar-refractivity contribution is 0.399. The molecule has 0 spiro atoms. The molecule has 0 aliphatic heterocycles. The Morgan fingerprint density at radius 1 is 0.812 bits per heavy atom. The fraction of sp³-hybridized carbons (Fsp3) is 1.00. The Kier molecular flexibility index (Phi) is 10.3. The zero-order valence-electron chi connectivity index (χ0n) is 12.4. The first-order valence-electron chi connectivity index (χ1n) is 7.60. The highest BCUT2D eigenvalue weighted by Crippen LogP contribution is 2.27. The van der Waals surface area contributed by atoms with Gasteiger partial charge in [0.15, 0.2) is 0 Å². The lowest BCUT2D eigenvalue weighted by Gasteiger charge is -2.20. The zero-order chi connectivity index (χ0) is 12.4. The number of rotatable bonds is 10. The van der Waals surface area contributed by atoms with Gasteiger partial charge in [-0.1, -0.05) is 84.9 Å². The van der Waals surface area contributed by atoms with Crippen molar-refractivity contribution in [3.8, 4) is 0 Å². The summed E-state index contributed by atoms with van der Waals surface area (Å²) < 4.78 is 0. The minimum Gasteiger partial charge on any atom is -0.0692 e. The molecule has 0 aliphatic rings. The van der Waals surface area contributed by atoms with Gasteiger partial charge in [-0.3, -0.25) is 0 Å². The molecule has 0 aromatic heterocycles. The first-order valence-corrected chi connectivity index (χ1v) is 7.60. The molecule has 1 heteroatoms. The minimum atomic E-state index is 0.929. The van der Waals surface area contributed by atoms with Crippen LogP contribution in [0.5, 0.6) is 0 Å². The SMILES string of the molecule is BC(CC(C)CCCC)CC(C)CCCC. The summed E-state index contributed by atoms with van der Waals surface area (Å²) in [6.07, 6.45) is 11.3. The third kappa shape index (κ3) is 9.30. The molecule has 16 heavy (non-hydrogen) atoms. The maximum atomic E-state index is 2.45. The molecule has 0 fully saturated rings. The minimum absolute atomic E-state index is 0.929. The molecule has 0 amide bonds. The van der Waals surface area contributed by atoms with Crippen molar-refractivity contribution in [2.75, 3.05) is 0 Å². The van der Waals surface area contributed by atoms with E-state index >= 15 is 0 Å². The molecule has 0 rings (SSSR count). The summed E-state index contributed by atoms with van der Waals surface area (Å²) in [5.41, 5.74) is 0. The van der Waals surface area contributed by atoms with E-state index < -0.39 is 0 Å². The molecule has 0 aromatic carbocycles. The van der Waals surface area contributed by atoms with E-state index in [2.05, 4.69) is 35.5 Å². The molecule has 96 valence electrons. The first kappa shape index (κ1) is 16.1. The summed E-state index contributed by atoms with van der Waals surface area (Å²) in [6, 6.07) is 0. The van der Waals surface area contributed by atoms with Crippen LogP contribution in [0.3, 0.4) is 0 Å². The summed E-state index contributed by atoms with van der Waals surface area (Å²) in [5, 5.41) is 0. The van der Waals surface area contributed by atoms with Crippen molar-refractivity contribution >= 4 is 7.85 Å². The van der Waals surface area contributed by atoms with Gasteiger partial charge >= 0.3 is 0 Å². The fourth-order valence-corrected chi connectivity index (χ4v) is 2.81. The Labute approximate surface area is 105 Å². The fourth-order valence-electron chi connectivity index (χ4n) is 2.81. The number of unbranched alkanes of at least 4 members (excludes halogenated alkanes) is 2. The molecule has 0 saturated carbocycles. The Morgan fingerprint density at radius 3 is 1.50 bits per heavy atom. The summed E-state index contributed by atoms with van der Waals surface area (Å²) in [7, 11) is 2.45. The van der Waals surface area contributed by atoms with Crippen molar-refractivity contribution in [2.24, 2.45) is 11.8 Å². The predicted molar refractivity (Wildman–Crippen MR) is 78.9 cm³/mol. The van der Waals surface area contributed by atoms with Crippen molar-refractivity contribution in [3.05, 3.63) is 0 Å². The third-order valence-corrected chi connectivity index (χ3v) is 3.71. The van der Waals surface area contributed by atoms with Crippen molar-refractivity contribution in [3.63, 3.8) is 0 Å². The van der Waals surface area contributed by atoms with Crippen molar-refractivity contribution < 1.29 is 0 Å². The van der Waals surface area contributed by atoms with E-state index in [-0.39, 0.29) is 0 Å². The van der Waals surface area contributed by atoms with Gasteiger partial charge in [-0.25, -0.2) is 0 Å². The third-order valence-electron chi connectivity index (χ3n) is 3.71.